The molecule has 1 atom stereocenters. The third-order valence-corrected chi connectivity index (χ3v) is 2.70. The van der Waals surface area contributed by atoms with Crippen LogP contribution in [-0.4, -0.2) is 23.0 Å². The van der Waals surface area contributed by atoms with Gasteiger partial charge in [0.1, 0.15) is 6.04 Å². The second-order valence-electron chi connectivity index (χ2n) is 4.18. The molecule has 0 spiro atoms. The summed E-state index contributed by atoms with van der Waals surface area (Å²) in [5.41, 5.74) is 8.32. The molecule has 1 unspecified atom stereocenters. The van der Waals surface area contributed by atoms with Crippen LogP contribution < -0.4 is 11.1 Å². The molecular formula is C13H18N2O3. The molecule has 1 aromatic carbocycles. The quantitative estimate of drug-likeness (QED) is 0.679. The summed E-state index contributed by atoms with van der Waals surface area (Å²) >= 11 is 0. The Bertz CT molecular complexity index is 458. The lowest BCUT2D eigenvalue weighted by atomic mass is 10.0. The number of hydrogen-bond donors (Lipinski definition) is 3. The Hall–Kier alpha value is -2.04. The summed E-state index contributed by atoms with van der Waals surface area (Å²) in [6.45, 7) is 3.29. The molecule has 0 aromatic heterocycles. The number of amides is 1. The number of aliphatic carboxylic acids is 1. The minimum atomic E-state index is -1.04. The van der Waals surface area contributed by atoms with E-state index >= 15 is 0 Å². The van der Waals surface area contributed by atoms with Gasteiger partial charge in [0, 0.05) is 19.0 Å². The van der Waals surface area contributed by atoms with E-state index in [9.17, 15) is 9.59 Å². The summed E-state index contributed by atoms with van der Waals surface area (Å²) in [6, 6.07) is 4.52. The van der Waals surface area contributed by atoms with Crippen molar-refractivity contribution in [1.29, 1.82) is 0 Å². The maximum atomic E-state index is 11.0. The number of nitrogens with two attached hydrogens (primary N) is 1. The highest BCUT2D eigenvalue weighted by atomic mass is 16.4. The Morgan fingerprint density at radius 2 is 2.11 bits per heavy atom. The monoisotopic (exact) mass is 250 g/mol. The van der Waals surface area contributed by atoms with Crippen molar-refractivity contribution in [3.63, 3.8) is 0 Å². The fourth-order valence-corrected chi connectivity index (χ4v) is 1.77. The van der Waals surface area contributed by atoms with Crippen molar-refractivity contribution < 1.29 is 14.7 Å². The second-order valence-corrected chi connectivity index (χ2v) is 4.18. The SMILES string of the molecule is CCc1cc(CC(NC(C)=O)C(=O)O)ccc1N. The van der Waals surface area contributed by atoms with Gasteiger partial charge in [0.05, 0.1) is 0 Å². The highest BCUT2D eigenvalue weighted by Gasteiger charge is 2.18. The van der Waals surface area contributed by atoms with Gasteiger partial charge in [-0.25, -0.2) is 4.79 Å². The average Bonchev–Trinajstić information content (AvgIpc) is 2.29. The molecule has 1 rings (SSSR count). The van der Waals surface area contributed by atoms with Gasteiger partial charge in [0.2, 0.25) is 5.91 Å². The Labute approximate surface area is 106 Å². The lowest BCUT2D eigenvalue weighted by molar-refractivity contribution is -0.141. The van der Waals surface area contributed by atoms with Crippen molar-refractivity contribution in [3.8, 4) is 0 Å². The molecule has 98 valence electrons. The van der Waals surface area contributed by atoms with Crippen LogP contribution in [0.5, 0.6) is 0 Å². The van der Waals surface area contributed by atoms with Crippen LogP contribution in [0.3, 0.4) is 0 Å². The van der Waals surface area contributed by atoms with Crippen LogP contribution in [0.25, 0.3) is 0 Å². The van der Waals surface area contributed by atoms with E-state index < -0.39 is 12.0 Å². The molecule has 0 saturated carbocycles. The molecule has 5 heteroatoms. The molecule has 0 heterocycles. The number of nitrogen functional groups attached to an aromatic ring is 1. The maximum Gasteiger partial charge on any atom is 0.326 e. The van der Waals surface area contributed by atoms with Crippen molar-refractivity contribution in [2.75, 3.05) is 5.73 Å². The lowest BCUT2D eigenvalue weighted by Crippen LogP contribution is -2.41. The lowest BCUT2D eigenvalue weighted by Gasteiger charge is -2.14. The highest BCUT2D eigenvalue weighted by molar-refractivity contribution is 5.82. The van der Waals surface area contributed by atoms with Crippen LogP contribution >= 0.6 is 0 Å². The van der Waals surface area contributed by atoms with E-state index in [1.807, 2.05) is 13.0 Å². The highest BCUT2D eigenvalue weighted by Crippen LogP contribution is 2.16. The number of carboxylic acid groups (broad SMARTS) is 1. The van der Waals surface area contributed by atoms with E-state index in [1.54, 1.807) is 12.1 Å². The number of anilines is 1. The molecule has 0 radical (unpaired) electrons. The minimum Gasteiger partial charge on any atom is -0.480 e. The number of nitrogens with one attached hydrogen (secondary N) is 1. The fourth-order valence-electron chi connectivity index (χ4n) is 1.77. The zero-order chi connectivity index (χ0) is 13.7. The molecule has 18 heavy (non-hydrogen) atoms. The van der Waals surface area contributed by atoms with Gasteiger partial charge >= 0.3 is 5.97 Å². The molecule has 0 fully saturated rings. The summed E-state index contributed by atoms with van der Waals surface area (Å²) < 4.78 is 0. The third kappa shape index (κ3) is 3.76. The Balaban J connectivity index is 2.87. The number of benzene rings is 1. The van der Waals surface area contributed by atoms with Gasteiger partial charge in [-0.3, -0.25) is 4.79 Å². The van der Waals surface area contributed by atoms with Crippen molar-refractivity contribution in [1.82, 2.24) is 5.32 Å². The summed E-state index contributed by atoms with van der Waals surface area (Å²) in [6.07, 6.45) is 1.04. The zero-order valence-corrected chi connectivity index (χ0v) is 10.6. The largest absolute Gasteiger partial charge is 0.480 e. The van der Waals surface area contributed by atoms with Gasteiger partial charge in [-0.15, -0.1) is 0 Å². The predicted molar refractivity (Wildman–Crippen MR) is 69.2 cm³/mol. The smallest absolute Gasteiger partial charge is 0.326 e. The molecule has 0 aliphatic carbocycles. The zero-order valence-electron chi connectivity index (χ0n) is 10.6. The molecule has 0 bridgehead atoms. The fraction of sp³-hybridized carbons (Fsp3) is 0.385. The Morgan fingerprint density at radius 3 is 2.61 bits per heavy atom. The van der Waals surface area contributed by atoms with Crippen molar-refractivity contribution in [2.45, 2.75) is 32.7 Å². The van der Waals surface area contributed by atoms with Gasteiger partial charge in [-0.05, 0) is 23.6 Å². The normalized spacial score (nSPS) is 11.9. The Kier molecular flexibility index (Phi) is 4.71. The first-order valence-electron chi connectivity index (χ1n) is 5.81. The molecule has 1 aromatic rings. The predicted octanol–water partition coefficient (Wildman–Crippen LogP) is 0.963. The van der Waals surface area contributed by atoms with E-state index in [0.29, 0.717) is 5.69 Å². The van der Waals surface area contributed by atoms with Crippen LogP contribution in [-0.2, 0) is 22.4 Å². The topological polar surface area (TPSA) is 92.4 Å². The molecular weight excluding hydrogens is 232 g/mol. The molecule has 4 N–H and O–H groups in total. The maximum absolute atomic E-state index is 11.0. The van der Waals surface area contributed by atoms with E-state index in [1.165, 1.54) is 6.92 Å². The number of rotatable bonds is 5. The van der Waals surface area contributed by atoms with Gasteiger partial charge < -0.3 is 16.2 Å². The first-order valence-corrected chi connectivity index (χ1v) is 5.81. The van der Waals surface area contributed by atoms with Crippen LogP contribution in [0.4, 0.5) is 5.69 Å². The molecule has 0 aliphatic rings. The number of carboxylic acids is 1. The third-order valence-electron chi connectivity index (χ3n) is 2.70. The summed E-state index contributed by atoms with van der Waals surface area (Å²) in [5, 5.41) is 11.4. The summed E-state index contributed by atoms with van der Waals surface area (Å²) in [4.78, 5) is 22.0. The van der Waals surface area contributed by atoms with Gasteiger partial charge in [0.15, 0.2) is 0 Å². The van der Waals surface area contributed by atoms with E-state index in [0.717, 1.165) is 17.5 Å². The first kappa shape index (κ1) is 14.0. The van der Waals surface area contributed by atoms with Crippen LogP contribution in [0, 0.1) is 0 Å². The first-order chi connectivity index (χ1) is 8.43. The van der Waals surface area contributed by atoms with Gasteiger partial charge in [0.25, 0.3) is 0 Å². The Morgan fingerprint density at radius 1 is 1.44 bits per heavy atom. The minimum absolute atomic E-state index is 0.252. The number of carbonyl (C=O) groups excluding carboxylic acids is 1. The van der Waals surface area contributed by atoms with E-state index in [-0.39, 0.29) is 12.3 Å². The second kappa shape index (κ2) is 6.05. The molecule has 0 saturated heterocycles. The standard InChI is InChI=1S/C13H18N2O3/c1-3-10-6-9(4-5-11(10)14)7-12(13(17)18)15-8(2)16/h4-6,12H,3,7,14H2,1-2H3,(H,15,16)(H,17,18). The molecule has 1 amide bonds. The summed E-state index contributed by atoms with van der Waals surface area (Å²) in [7, 11) is 0. The van der Waals surface area contributed by atoms with E-state index in [2.05, 4.69) is 5.32 Å². The average molecular weight is 250 g/mol. The van der Waals surface area contributed by atoms with Crippen molar-refractivity contribution in [3.05, 3.63) is 29.3 Å². The van der Waals surface area contributed by atoms with Crippen LogP contribution in [0.1, 0.15) is 25.0 Å². The van der Waals surface area contributed by atoms with Gasteiger partial charge in [-0.1, -0.05) is 19.1 Å². The van der Waals surface area contributed by atoms with Crippen molar-refractivity contribution >= 4 is 17.6 Å². The number of carbonyl (C=O) groups is 2. The summed E-state index contributed by atoms with van der Waals surface area (Å²) in [5.74, 6) is -1.39. The molecule has 5 nitrogen and oxygen atoms in total. The molecule has 0 aliphatic heterocycles. The van der Waals surface area contributed by atoms with Gasteiger partial charge in [-0.2, -0.15) is 0 Å². The van der Waals surface area contributed by atoms with Crippen LogP contribution in [0.15, 0.2) is 18.2 Å². The number of aryl methyl sites for hydroxylation is 1. The van der Waals surface area contributed by atoms with E-state index in [4.69, 9.17) is 10.8 Å². The van der Waals surface area contributed by atoms with Crippen LogP contribution in [0.2, 0.25) is 0 Å². The van der Waals surface area contributed by atoms with Crippen molar-refractivity contribution in [2.24, 2.45) is 0 Å². The number of hydrogen-bond acceptors (Lipinski definition) is 3.